The van der Waals surface area contributed by atoms with Crippen molar-refractivity contribution < 1.29 is 9.59 Å². The maximum atomic E-state index is 11.7. The monoisotopic (exact) mass is 214 g/mol. The molecule has 80 valence electrons. The van der Waals surface area contributed by atoms with Crippen LogP contribution >= 0.6 is 0 Å². The smallest absolute Gasteiger partial charge is 0.229 e. The minimum atomic E-state index is -0.0889. The first-order chi connectivity index (χ1) is 7.76. The summed E-state index contributed by atoms with van der Waals surface area (Å²) in [6, 6.07) is 3.29. The zero-order valence-electron chi connectivity index (χ0n) is 8.59. The third-order valence-corrected chi connectivity index (χ3v) is 2.56. The molecule has 1 aliphatic rings. The van der Waals surface area contributed by atoms with E-state index in [1.54, 1.807) is 18.3 Å². The summed E-state index contributed by atoms with van der Waals surface area (Å²) in [4.78, 5) is 28.0. The molecule has 0 aliphatic carbocycles. The summed E-state index contributed by atoms with van der Waals surface area (Å²) in [6.45, 7) is 0.438. The molecule has 0 N–H and O–H groups in total. The Kier molecular flexibility index (Phi) is 2.69. The molecule has 1 aromatic heterocycles. The SMILES string of the molecule is C#CC1CC(=O)N(c2ncccc2C=O)C1. The molecule has 4 nitrogen and oxygen atoms in total. The van der Waals surface area contributed by atoms with Crippen LogP contribution in [-0.2, 0) is 4.79 Å². The Labute approximate surface area is 93.3 Å². The van der Waals surface area contributed by atoms with E-state index in [-0.39, 0.29) is 11.8 Å². The summed E-state index contributed by atoms with van der Waals surface area (Å²) < 4.78 is 0. The van der Waals surface area contributed by atoms with Crippen LogP contribution in [0.3, 0.4) is 0 Å². The zero-order chi connectivity index (χ0) is 11.5. The van der Waals surface area contributed by atoms with Gasteiger partial charge in [0.15, 0.2) is 6.29 Å². The molecule has 1 unspecified atom stereocenters. The largest absolute Gasteiger partial charge is 0.298 e. The van der Waals surface area contributed by atoms with Gasteiger partial charge in [0.05, 0.1) is 5.56 Å². The number of anilines is 1. The van der Waals surface area contributed by atoms with Crippen molar-refractivity contribution in [3.05, 3.63) is 23.9 Å². The van der Waals surface area contributed by atoms with Crippen LogP contribution in [0, 0.1) is 18.3 Å². The second-order valence-corrected chi connectivity index (χ2v) is 3.61. The van der Waals surface area contributed by atoms with Gasteiger partial charge in [-0.15, -0.1) is 12.3 Å². The minimum Gasteiger partial charge on any atom is -0.298 e. The third kappa shape index (κ3) is 1.68. The van der Waals surface area contributed by atoms with Crippen molar-refractivity contribution in [2.45, 2.75) is 6.42 Å². The number of hydrogen-bond donors (Lipinski definition) is 0. The average Bonchev–Trinajstić information content (AvgIpc) is 2.70. The number of amides is 1. The molecule has 0 bridgehead atoms. The number of aromatic nitrogens is 1. The van der Waals surface area contributed by atoms with Gasteiger partial charge in [-0.05, 0) is 12.1 Å². The summed E-state index contributed by atoms with van der Waals surface area (Å²) in [6.07, 6.45) is 7.86. The van der Waals surface area contributed by atoms with E-state index in [4.69, 9.17) is 6.42 Å². The fraction of sp³-hybridized carbons (Fsp3) is 0.250. The zero-order valence-corrected chi connectivity index (χ0v) is 8.59. The highest BCUT2D eigenvalue weighted by Crippen LogP contribution is 2.24. The van der Waals surface area contributed by atoms with Crippen LogP contribution in [0.4, 0.5) is 5.82 Å². The van der Waals surface area contributed by atoms with E-state index in [2.05, 4.69) is 10.9 Å². The van der Waals surface area contributed by atoms with Gasteiger partial charge in [-0.3, -0.25) is 14.5 Å². The molecule has 1 amide bonds. The van der Waals surface area contributed by atoms with Crippen LogP contribution in [0.2, 0.25) is 0 Å². The maximum Gasteiger partial charge on any atom is 0.229 e. The fourth-order valence-corrected chi connectivity index (χ4v) is 1.75. The Morgan fingerprint density at radius 3 is 3.06 bits per heavy atom. The number of carbonyl (C=O) groups excluding carboxylic acids is 2. The summed E-state index contributed by atoms with van der Waals surface area (Å²) in [5.41, 5.74) is 0.411. The number of nitrogens with zero attached hydrogens (tertiary/aromatic N) is 2. The first-order valence-corrected chi connectivity index (χ1v) is 4.93. The van der Waals surface area contributed by atoms with E-state index >= 15 is 0 Å². The molecule has 0 radical (unpaired) electrons. The fourth-order valence-electron chi connectivity index (χ4n) is 1.75. The Hall–Kier alpha value is -2.15. The molecule has 0 spiro atoms. The van der Waals surface area contributed by atoms with Gasteiger partial charge in [-0.2, -0.15) is 0 Å². The Balaban J connectivity index is 2.35. The van der Waals surface area contributed by atoms with E-state index in [1.165, 1.54) is 4.90 Å². The Morgan fingerprint density at radius 1 is 1.62 bits per heavy atom. The lowest BCUT2D eigenvalue weighted by Crippen LogP contribution is -2.26. The molecule has 4 heteroatoms. The standard InChI is InChI=1S/C12H10N2O2/c1-2-9-6-11(16)14(7-9)12-10(8-15)4-3-5-13-12/h1,3-5,8-9H,6-7H2. The van der Waals surface area contributed by atoms with Gasteiger partial charge >= 0.3 is 0 Å². The number of carbonyl (C=O) groups is 2. The summed E-state index contributed by atoms with van der Waals surface area (Å²) in [5, 5.41) is 0. The molecule has 0 saturated carbocycles. The lowest BCUT2D eigenvalue weighted by Gasteiger charge is -2.15. The second kappa shape index (κ2) is 4.15. The van der Waals surface area contributed by atoms with Crippen molar-refractivity contribution in [2.24, 2.45) is 5.92 Å². The highest BCUT2D eigenvalue weighted by Gasteiger charge is 2.31. The van der Waals surface area contributed by atoms with Crippen molar-refractivity contribution in [1.29, 1.82) is 0 Å². The first-order valence-electron chi connectivity index (χ1n) is 4.93. The highest BCUT2D eigenvalue weighted by molar-refractivity contribution is 5.99. The summed E-state index contributed by atoms with van der Waals surface area (Å²) in [7, 11) is 0. The van der Waals surface area contributed by atoms with Crippen LogP contribution < -0.4 is 4.90 Å². The van der Waals surface area contributed by atoms with E-state index < -0.39 is 0 Å². The minimum absolute atomic E-state index is 0.0789. The molecule has 0 aromatic carbocycles. The number of aldehydes is 1. The van der Waals surface area contributed by atoms with Crippen molar-refractivity contribution in [1.82, 2.24) is 4.98 Å². The van der Waals surface area contributed by atoms with Gasteiger partial charge in [0.2, 0.25) is 5.91 Å². The van der Waals surface area contributed by atoms with Gasteiger partial charge in [0, 0.05) is 25.1 Å². The Morgan fingerprint density at radius 2 is 2.44 bits per heavy atom. The Bertz CT molecular complexity index is 476. The van der Waals surface area contributed by atoms with Gasteiger partial charge in [0.25, 0.3) is 0 Å². The number of terminal acetylenes is 1. The third-order valence-electron chi connectivity index (χ3n) is 2.56. The highest BCUT2D eigenvalue weighted by atomic mass is 16.2. The molecule has 1 atom stereocenters. The van der Waals surface area contributed by atoms with Crippen molar-refractivity contribution in [3.8, 4) is 12.3 Å². The van der Waals surface area contributed by atoms with Crippen LogP contribution in [0.25, 0.3) is 0 Å². The van der Waals surface area contributed by atoms with Crippen molar-refractivity contribution in [3.63, 3.8) is 0 Å². The lowest BCUT2D eigenvalue weighted by molar-refractivity contribution is -0.117. The average molecular weight is 214 g/mol. The molecule has 16 heavy (non-hydrogen) atoms. The quantitative estimate of drug-likeness (QED) is 0.542. The van der Waals surface area contributed by atoms with E-state index in [9.17, 15) is 9.59 Å². The molecule has 1 aromatic rings. The molecule has 2 heterocycles. The van der Waals surface area contributed by atoms with E-state index in [0.717, 1.165) is 0 Å². The normalized spacial score (nSPS) is 19.6. The maximum absolute atomic E-state index is 11.7. The topological polar surface area (TPSA) is 50.3 Å². The number of rotatable bonds is 2. The van der Waals surface area contributed by atoms with Crippen molar-refractivity contribution in [2.75, 3.05) is 11.4 Å². The predicted octanol–water partition coefficient (Wildman–Crippen LogP) is 0.880. The second-order valence-electron chi connectivity index (χ2n) is 3.61. The van der Waals surface area contributed by atoms with Gasteiger partial charge < -0.3 is 0 Å². The van der Waals surface area contributed by atoms with Gasteiger partial charge in [0.1, 0.15) is 5.82 Å². The summed E-state index contributed by atoms with van der Waals surface area (Å²) in [5.74, 6) is 2.79. The predicted molar refractivity (Wildman–Crippen MR) is 58.9 cm³/mol. The van der Waals surface area contributed by atoms with Crippen LogP contribution in [0.15, 0.2) is 18.3 Å². The number of hydrogen-bond acceptors (Lipinski definition) is 3. The van der Waals surface area contributed by atoms with Gasteiger partial charge in [-0.25, -0.2) is 4.98 Å². The van der Waals surface area contributed by atoms with Crippen LogP contribution in [0.1, 0.15) is 16.8 Å². The lowest BCUT2D eigenvalue weighted by atomic mass is 10.1. The first kappa shape index (κ1) is 10.4. The van der Waals surface area contributed by atoms with E-state index in [1.807, 2.05) is 0 Å². The molecule has 1 aliphatic heterocycles. The molecular weight excluding hydrogens is 204 g/mol. The number of pyridine rings is 1. The molecule has 2 rings (SSSR count). The van der Waals surface area contributed by atoms with Gasteiger partial charge in [-0.1, -0.05) is 0 Å². The van der Waals surface area contributed by atoms with Crippen LogP contribution in [-0.4, -0.2) is 23.7 Å². The molecular formula is C12H10N2O2. The summed E-state index contributed by atoms with van der Waals surface area (Å²) >= 11 is 0. The van der Waals surface area contributed by atoms with E-state index in [0.29, 0.717) is 30.6 Å². The van der Waals surface area contributed by atoms with Crippen LogP contribution in [0.5, 0.6) is 0 Å². The molecule has 1 fully saturated rings. The van der Waals surface area contributed by atoms with Crippen molar-refractivity contribution >= 4 is 18.0 Å². The molecule has 1 saturated heterocycles.